The van der Waals surface area contributed by atoms with E-state index in [4.69, 9.17) is 6.92 Å². The fourth-order valence-electron chi connectivity index (χ4n) is 2.18. The molecule has 0 aromatic heterocycles. The predicted octanol–water partition coefficient (Wildman–Crippen LogP) is 3.32. The Hall–Kier alpha value is -1.56. The molecule has 14 heavy (non-hydrogen) atoms. The van der Waals surface area contributed by atoms with Gasteiger partial charge in [-0.1, -0.05) is 42.5 Å². The molecule has 0 saturated carbocycles. The maximum atomic E-state index is 5.95. The summed E-state index contributed by atoms with van der Waals surface area (Å²) in [5, 5.41) is 0. The van der Waals surface area contributed by atoms with E-state index in [1.165, 1.54) is 22.3 Å². The van der Waals surface area contributed by atoms with Crippen LogP contribution in [0.15, 0.2) is 42.5 Å². The minimum Gasteiger partial charge on any atom is -0.0619 e. The number of rotatable bonds is 0. The lowest BCUT2D eigenvalue weighted by Crippen LogP contribution is -1.84. The molecular weight excluding hydrogens is 168 g/mol. The van der Waals surface area contributed by atoms with E-state index in [9.17, 15) is 0 Å². The molecule has 1 aliphatic rings. The Kier molecular flexibility index (Phi) is 1.51. The molecular formula is C14H10. The molecule has 0 bridgehead atoms. The predicted molar refractivity (Wildman–Crippen MR) is 58.1 cm³/mol. The number of hydrogen-bond acceptors (Lipinski definition) is 0. The van der Waals surface area contributed by atoms with Gasteiger partial charge >= 0.3 is 0 Å². The van der Waals surface area contributed by atoms with Crippen molar-refractivity contribution in [3.05, 3.63) is 66.1 Å². The normalized spacial score (nSPS) is 12.4. The maximum Gasteiger partial charge on any atom is -0.000876 e. The third-order valence-corrected chi connectivity index (χ3v) is 2.89. The van der Waals surface area contributed by atoms with Gasteiger partial charge in [-0.05, 0) is 41.2 Å². The molecule has 1 aliphatic carbocycles. The van der Waals surface area contributed by atoms with Crippen LogP contribution in [-0.2, 0) is 6.42 Å². The maximum absolute atomic E-state index is 5.95. The monoisotopic (exact) mass is 178 g/mol. The van der Waals surface area contributed by atoms with Crippen molar-refractivity contribution in [2.24, 2.45) is 0 Å². The van der Waals surface area contributed by atoms with Gasteiger partial charge in [-0.2, -0.15) is 0 Å². The lowest BCUT2D eigenvalue weighted by Gasteiger charge is -2.02. The molecule has 0 aliphatic heterocycles. The first kappa shape index (κ1) is 7.81. The highest BCUT2D eigenvalue weighted by Gasteiger charge is 2.18. The van der Waals surface area contributed by atoms with Crippen molar-refractivity contribution in [2.75, 3.05) is 0 Å². The van der Waals surface area contributed by atoms with Gasteiger partial charge in [0.2, 0.25) is 0 Å². The number of fused-ring (bicyclic) bond motifs is 3. The Morgan fingerprint density at radius 2 is 1.64 bits per heavy atom. The summed E-state index contributed by atoms with van der Waals surface area (Å²) in [7, 11) is 0. The molecule has 0 fully saturated rings. The molecule has 2 aromatic rings. The first-order valence-corrected chi connectivity index (χ1v) is 4.82. The largest absolute Gasteiger partial charge is 0.0619 e. The second-order valence-electron chi connectivity index (χ2n) is 3.71. The molecule has 0 unspecified atom stereocenters. The number of benzene rings is 2. The van der Waals surface area contributed by atoms with Crippen LogP contribution in [0.1, 0.15) is 16.7 Å². The zero-order chi connectivity index (χ0) is 9.54. The Morgan fingerprint density at radius 1 is 0.857 bits per heavy atom. The topological polar surface area (TPSA) is 0 Å². The summed E-state index contributed by atoms with van der Waals surface area (Å²) in [6, 6.07) is 14.7. The van der Waals surface area contributed by atoms with Gasteiger partial charge in [-0.3, -0.25) is 0 Å². The summed E-state index contributed by atoms with van der Waals surface area (Å²) in [5.74, 6) is 0. The lowest BCUT2D eigenvalue weighted by atomic mass is 10.0. The van der Waals surface area contributed by atoms with E-state index in [1.807, 2.05) is 12.1 Å². The van der Waals surface area contributed by atoms with Crippen molar-refractivity contribution in [3.63, 3.8) is 0 Å². The average molecular weight is 178 g/mol. The molecule has 2 radical (unpaired) electrons. The van der Waals surface area contributed by atoms with Crippen LogP contribution in [-0.4, -0.2) is 0 Å². The van der Waals surface area contributed by atoms with Crippen LogP contribution in [0, 0.1) is 6.92 Å². The van der Waals surface area contributed by atoms with Crippen molar-refractivity contribution in [3.8, 4) is 11.1 Å². The van der Waals surface area contributed by atoms with Crippen molar-refractivity contribution < 1.29 is 0 Å². The van der Waals surface area contributed by atoms with Gasteiger partial charge < -0.3 is 0 Å². The van der Waals surface area contributed by atoms with Gasteiger partial charge in [-0.15, -0.1) is 0 Å². The minimum absolute atomic E-state index is 0.915. The van der Waals surface area contributed by atoms with Crippen molar-refractivity contribution in [1.29, 1.82) is 0 Å². The molecule has 0 heteroatoms. The van der Waals surface area contributed by atoms with Crippen LogP contribution in [0.3, 0.4) is 0 Å². The summed E-state index contributed by atoms with van der Waals surface area (Å²) in [6.07, 6.45) is 0.984. The fourth-order valence-corrected chi connectivity index (χ4v) is 2.18. The van der Waals surface area contributed by atoms with E-state index >= 15 is 0 Å². The minimum atomic E-state index is 0.915. The molecule has 0 spiro atoms. The zero-order valence-corrected chi connectivity index (χ0v) is 7.83. The van der Waals surface area contributed by atoms with Gasteiger partial charge in [0.25, 0.3) is 0 Å². The average Bonchev–Trinajstić information content (AvgIpc) is 2.59. The quantitative estimate of drug-likeness (QED) is 0.495. The smallest absolute Gasteiger partial charge is 0.000876 e. The van der Waals surface area contributed by atoms with Crippen LogP contribution in [0.4, 0.5) is 0 Å². The van der Waals surface area contributed by atoms with Gasteiger partial charge in [0.05, 0.1) is 0 Å². The highest BCUT2D eigenvalue weighted by Crippen LogP contribution is 2.37. The van der Waals surface area contributed by atoms with Crippen LogP contribution in [0.5, 0.6) is 0 Å². The van der Waals surface area contributed by atoms with E-state index in [1.54, 1.807) is 0 Å². The SMILES string of the molecule is [CH]c1cccc2c1Cc1ccccc1-2. The lowest BCUT2D eigenvalue weighted by molar-refractivity contribution is 1.24. The molecule has 0 atom stereocenters. The first-order valence-electron chi connectivity index (χ1n) is 4.82. The molecule has 0 amide bonds. The van der Waals surface area contributed by atoms with Gasteiger partial charge in [-0.25, -0.2) is 0 Å². The second kappa shape index (κ2) is 2.71. The van der Waals surface area contributed by atoms with Crippen molar-refractivity contribution >= 4 is 0 Å². The summed E-state index contributed by atoms with van der Waals surface area (Å²) in [5.41, 5.74) is 6.24. The Balaban J connectivity index is 2.33. The summed E-state index contributed by atoms with van der Waals surface area (Å²) >= 11 is 0. The van der Waals surface area contributed by atoms with Gasteiger partial charge in [0, 0.05) is 0 Å². The molecule has 2 aromatic carbocycles. The van der Waals surface area contributed by atoms with E-state index in [2.05, 4.69) is 30.3 Å². The molecule has 0 saturated heterocycles. The Bertz CT molecular complexity index is 495. The van der Waals surface area contributed by atoms with Crippen LogP contribution < -0.4 is 0 Å². The standard InChI is InChI=1S/C14H10/c1-10-5-4-8-13-12-7-3-2-6-11(12)9-14(10)13/h1-8H,9H2. The van der Waals surface area contributed by atoms with E-state index in [0.29, 0.717) is 0 Å². The van der Waals surface area contributed by atoms with Crippen molar-refractivity contribution in [1.82, 2.24) is 0 Å². The van der Waals surface area contributed by atoms with Crippen LogP contribution >= 0.6 is 0 Å². The third-order valence-electron chi connectivity index (χ3n) is 2.89. The van der Waals surface area contributed by atoms with Gasteiger partial charge in [0.1, 0.15) is 0 Å². The Morgan fingerprint density at radius 3 is 2.57 bits per heavy atom. The zero-order valence-electron chi connectivity index (χ0n) is 7.83. The van der Waals surface area contributed by atoms with E-state index in [0.717, 1.165) is 12.0 Å². The van der Waals surface area contributed by atoms with E-state index in [-0.39, 0.29) is 0 Å². The highest BCUT2D eigenvalue weighted by atomic mass is 14.2. The third kappa shape index (κ3) is 0.941. The fraction of sp³-hybridized carbons (Fsp3) is 0.0714. The second-order valence-corrected chi connectivity index (χ2v) is 3.71. The first-order chi connectivity index (χ1) is 6.86. The summed E-state index contributed by atoms with van der Waals surface area (Å²) < 4.78 is 0. The molecule has 0 N–H and O–H groups in total. The highest BCUT2D eigenvalue weighted by molar-refractivity contribution is 5.78. The summed E-state index contributed by atoms with van der Waals surface area (Å²) in [6.45, 7) is 5.95. The van der Waals surface area contributed by atoms with Crippen LogP contribution in [0.25, 0.3) is 11.1 Å². The van der Waals surface area contributed by atoms with Crippen LogP contribution in [0.2, 0.25) is 0 Å². The molecule has 0 nitrogen and oxygen atoms in total. The van der Waals surface area contributed by atoms with E-state index < -0.39 is 0 Å². The Labute approximate surface area is 84.2 Å². The van der Waals surface area contributed by atoms with Crippen molar-refractivity contribution in [2.45, 2.75) is 6.42 Å². The molecule has 0 heterocycles. The number of hydrogen-bond donors (Lipinski definition) is 0. The molecule has 66 valence electrons. The summed E-state index contributed by atoms with van der Waals surface area (Å²) in [4.78, 5) is 0. The molecule has 3 rings (SSSR count). The van der Waals surface area contributed by atoms with Gasteiger partial charge in [0.15, 0.2) is 0 Å².